The van der Waals surface area contributed by atoms with Gasteiger partial charge in [0.25, 0.3) is 5.69 Å². The maximum atomic E-state index is 11.4. The normalized spacial score (nSPS) is 10.8. The van der Waals surface area contributed by atoms with Crippen LogP contribution >= 0.6 is 11.6 Å². The van der Waals surface area contributed by atoms with Gasteiger partial charge in [-0.25, -0.2) is 4.98 Å². The second-order valence-electron chi connectivity index (χ2n) is 5.24. The Morgan fingerprint density at radius 1 is 1.33 bits per heavy atom. The number of benzene rings is 1. The third-order valence-electron chi connectivity index (χ3n) is 3.53. The zero-order valence-corrected chi connectivity index (χ0v) is 13.4. The minimum atomic E-state index is -0.516. The van der Waals surface area contributed by atoms with Crippen molar-refractivity contribution in [2.24, 2.45) is 0 Å². The minimum absolute atomic E-state index is 0.144. The first-order chi connectivity index (χ1) is 11.4. The fraction of sp³-hybridized carbons (Fsp3) is 0.125. The number of carbonyl (C=O) groups excluding carboxylic acids is 1. The van der Waals surface area contributed by atoms with E-state index in [1.807, 2.05) is 0 Å². The van der Waals surface area contributed by atoms with Crippen molar-refractivity contribution in [1.29, 1.82) is 0 Å². The van der Waals surface area contributed by atoms with Crippen LogP contribution in [0.2, 0.25) is 5.02 Å². The van der Waals surface area contributed by atoms with Crippen molar-refractivity contribution >= 4 is 34.4 Å². The highest BCUT2D eigenvalue weighted by molar-refractivity contribution is 6.30. The van der Waals surface area contributed by atoms with Gasteiger partial charge in [0.1, 0.15) is 11.3 Å². The molecule has 0 aliphatic carbocycles. The summed E-state index contributed by atoms with van der Waals surface area (Å²) in [6, 6.07) is 7.89. The van der Waals surface area contributed by atoms with Gasteiger partial charge in [0.15, 0.2) is 5.78 Å². The molecule has 7 nitrogen and oxygen atoms in total. The summed E-state index contributed by atoms with van der Waals surface area (Å²) in [5.74, 6) is -0.220. The van der Waals surface area contributed by atoms with Gasteiger partial charge in [0.05, 0.1) is 22.2 Å². The fourth-order valence-corrected chi connectivity index (χ4v) is 2.51. The molecule has 0 aliphatic heterocycles. The van der Waals surface area contributed by atoms with Gasteiger partial charge in [-0.3, -0.25) is 14.9 Å². The van der Waals surface area contributed by atoms with Crippen LogP contribution in [0.15, 0.2) is 42.7 Å². The number of halogens is 1. The van der Waals surface area contributed by atoms with Gasteiger partial charge in [0.2, 0.25) is 0 Å². The number of ketones is 1. The molecule has 1 N–H and O–H groups in total. The van der Waals surface area contributed by atoms with Gasteiger partial charge in [0, 0.05) is 24.0 Å². The first-order valence-electron chi connectivity index (χ1n) is 7.10. The maximum Gasteiger partial charge on any atom is 0.293 e. The minimum Gasteiger partial charge on any atom is -0.374 e. The molecule has 122 valence electrons. The Hall–Kier alpha value is -2.93. The van der Waals surface area contributed by atoms with Crippen LogP contribution in [0.5, 0.6) is 0 Å². The number of hydrogen-bond donors (Lipinski definition) is 1. The summed E-state index contributed by atoms with van der Waals surface area (Å²) in [7, 11) is 0. The first-order valence-corrected chi connectivity index (χ1v) is 7.48. The molecule has 0 fully saturated rings. The molecule has 2 aromatic heterocycles. The van der Waals surface area contributed by atoms with Crippen LogP contribution in [-0.2, 0) is 6.54 Å². The Morgan fingerprint density at radius 3 is 2.83 bits per heavy atom. The Labute approximate surface area is 142 Å². The quantitative estimate of drug-likeness (QED) is 0.433. The zero-order chi connectivity index (χ0) is 17.3. The summed E-state index contributed by atoms with van der Waals surface area (Å²) in [4.78, 5) is 26.5. The van der Waals surface area contributed by atoms with Crippen molar-refractivity contribution in [2.75, 3.05) is 5.32 Å². The van der Waals surface area contributed by atoms with E-state index in [1.165, 1.54) is 19.1 Å². The topological polar surface area (TPSA) is 89.5 Å². The predicted molar refractivity (Wildman–Crippen MR) is 90.6 cm³/mol. The number of nitro groups is 1. The average molecular weight is 345 g/mol. The van der Waals surface area contributed by atoms with Crippen LogP contribution < -0.4 is 5.32 Å². The zero-order valence-electron chi connectivity index (χ0n) is 12.7. The molecule has 0 saturated heterocycles. The first kappa shape index (κ1) is 15.9. The molecule has 0 saturated carbocycles. The van der Waals surface area contributed by atoms with E-state index in [0.29, 0.717) is 28.5 Å². The van der Waals surface area contributed by atoms with Crippen LogP contribution in [-0.4, -0.2) is 20.1 Å². The predicted octanol–water partition coefficient (Wildman–Crippen LogP) is 3.71. The van der Waals surface area contributed by atoms with Crippen molar-refractivity contribution in [1.82, 2.24) is 9.38 Å². The van der Waals surface area contributed by atoms with Crippen LogP contribution in [0, 0.1) is 10.1 Å². The molecule has 0 atom stereocenters. The molecule has 0 bridgehead atoms. The van der Waals surface area contributed by atoms with E-state index >= 15 is 0 Å². The number of nitrogens with one attached hydrogen (secondary N) is 1. The number of pyridine rings is 1. The number of carbonyl (C=O) groups is 1. The SMILES string of the molecule is CC(=O)c1ccc(NCc2cn3cc(Cl)ccc3n2)c([N+](=O)[O-])c1. The van der Waals surface area contributed by atoms with Gasteiger partial charge < -0.3 is 9.72 Å². The summed E-state index contributed by atoms with van der Waals surface area (Å²) < 4.78 is 1.78. The molecule has 1 aromatic carbocycles. The van der Waals surface area contributed by atoms with Gasteiger partial charge in [-0.1, -0.05) is 11.6 Å². The van der Waals surface area contributed by atoms with E-state index in [2.05, 4.69) is 10.3 Å². The van der Waals surface area contributed by atoms with Crippen LogP contribution in [0.4, 0.5) is 11.4 Å². The van der Waals surface area contributed by atoms with Gasteiger partial charge in [-0.05, 0) is 31.2 Å². The lowest BCUT2D eigenvalue weighted by molar-refractivity contribution is -0.384. The number of aromatic nitrogens is 2. The van der Waals surface area contributed by atoms with E-state index < -0.39 is 4.92 Å². The smallest absolute Gasteiger partial charge is 0.293 e. The van der Waals surface area contributed by atoms with Crippen molar-refractivity contribution in [3.05, 3.63) is 69.1 Å². The largest absolute Gasteiger partial charge is 0.374 e. The molecule has 3 rings (SSSR count). The number of imidazole rings is 1. The van der Waals surface area contributed by atoms with E-state index in [9.17, 15) is 14.9 Å². The molecule has 0 unspecified atom stereocenters. The lowest BCUT2D eigenvalue weighted by Crippen LogP contribution is -2.04. The third kappa shape index (κ3) is 3.21. The van der Waals surface area contributed by atoms with Gasteiger partial charge >= 0.3 is 0 Å². The molecule has 0 amide bonds. The van der Waals surface area contributed by atoms with Crippen molar-refractivity contribution < 1.29 is 9.72 Å². The average Bonchev–Trinajstić information content (AvgIpc) is 2.94. The fourth-order valence-electron chi connectivity index (χ4n) is 2.34. The number of hydrogen-bond acceptors (Lipinski definition) is 5. The lowest BCUT2D eigenvalue weighted by atomic mass is 10.1. The van der Waals surface area contributed by atoms with Crippen LogP contribution in [0.25, 0.3) is 5.65 Å². The standard InChI is InChI=1S/C16H13ClN4O3/c1-10(22)11-2-4-14(15(6-11)21(23)24)18-7-13-9-20-8-12(17)3-5-16(20)19-13/h2-6,8-9,18H,7H2,1H3. The number of Topliss-reactive ketones (excluding diaryl/α,β-unsaturated/α-hetero) is 1. The van der Waals surface area contributed by atoms with E-state index in [1.54, 1.807) is 35.0 Å². The molecule has 2 heterocycles. The highest BCUT2D eigenvalue weighted by Gasteiger charge is 2.16. The van der Waals surface area contributed by atoms with Crippen molar-refractivity contribution in [3.8, 4) is 0 Å². The van der Waals surface area contributed by atoms with Crippen molar-refractivity contribution in [2.45, 2.75) is 13.5 Å². The van der Waals surface area contributed by atoms with Gasteiger partial charge in [-0.15, -0.1) is 0 Å². The monoisotopic (exact) mass is 344 g/mol. The van der Waals surface area contributed by atoms with Gasteiger partial charge in [-0.2, -0.15) is 0 Å². The van der Waals surface area contributed by atoms with Crippen LogP contribution in [0.3, 0.4) is 0 Å². The lowest BCUT2D eigenvalue weighted by Gasteiger charge is -2.06. The molecule has 0 radical (unpaired) electrons. The summed E-state index contributed by atoms with van der Waals surface area (Å²) in [5, 5.41) is 14.8. The Bertz CT molecular complexity index is 952. The Kier molecular flexibility index (Phi) is 4.18. The molecular formula is C16H13ClN4O3. The Morgan fingerprint density at radius 2 is 2.12 bits per heavy atom. The van der Waals surface area contributed by atoms with E-state index in [4.69, 9.17) is 11.6 Å². The maximum absolute atomic E-state index is 11.4. The number of fused-ring (bicyclic) bond motifs is 1. The molecule has 0 spiro atoms. The highest BCUT2D eigenvalue weighted by atomic mass is 35.5. The Balaban J connectivity index is 1.84. The summed E-state index contributed by atoms with van der Waals surface area (Å²) in [6.45, 7) is 1.67. The number of rotatable bonds is 5. The van der Waals surface area contributed by atoms with Crippen LogP contribution in [0.1, 0.15) is 23.0 Å². The molecule has 8 heteroatoms. The van der Waals surface area contributed by atoms with E-state index in [0.717, 1.165) is 5.65 Å². The second-order valence-corrected chi connectivity index (χ2v) is 5.68. The summed E-state index contributed by atoms with van der Waals surface area (Å²) >= 11 is 5.93. The summed E-state index contributed by atoms with van der Waals surface area (Å²) in [6.07, 6.45) is 3.53. The summed E-state index contributed by atoms with van der Waals surface area (Å²) in [5.41, 5.74) is 1.93. The number of anilines is 1. The molecule has 0 aliphatic rings. The molecular weight excluding hydrogens is 332 g/mol. The molecule has 3 aromatic rings. The number of nitro benzene ring substituents is 1. The molecule has 24 heavy (non-hydrogen) atoms. The van der Waals surface area contributed by atoms with Crippen molar-refractivity contribution in [3.63, 3.8) is 0 Å². The highest BCUT2D eigenvalue weighted by Crippen LogP contribution is 2.26. The number of nitrogens with zero attached hydrogens (tertiary/aromatic N) is 3. The van der Waals surface area contributed by atoms with E-state index in [-0.39, 0.29) is 11.5 Å². The third-order valence-corrected chi connectivity index (χ3v) is 3.75. The second kappa shape index (κ2) is 6.29.